The number of nitriles is 1. The zero-order chi connectivity index (χ0) is 20.5. The molecule has 2 fully saturated rings. The molecule has 2 N–H and O–H groups in total. The molecule has 5 rings (SSSR count). The lowest BCUT2D eigenvalue weighted by atomic mass is 9.86. The van der Waals surface area contributed by atoms with Crippen molar-refractivity contribution in [2.45, 2.75) is 57.5 Å². The average Bonchev–Trinajstić information content (AvgIpc) is 3.25. The van der Waals surface area contributed by atoms with E-state index in [0.29, 0.717) is 24.4 Å². The van der Waals surface area contributed by atoms with Crippen molar-refractivity contribution in [3.8, 4) is 6.07 Å². The Hall–Kier alpha value is -2.98. The van der Waals surface area contributed by atoms with Gasteiger partial charge in [-0.2, -0.15) is 10.4 Å². The van der Waals surface area contributed by atoms with Gasteiger partial charge in [0.15, 0.2) is 5.82 Å². The molecule has 2 saturated heterocycles. The van der Waals surface area contributed by atoms with Crippen LogP contribution in [0.2, 0.25) is 0 Å². The minimum atomic E-state index is 0.625. The van der Waals surface area contributed by atoms with E-state index in [1.165, 1.54) is 25.7 Å². The normalized spacial score (nSPS) is 23.5. The van der Waals surface area contributed by atoms with E-state index in [0.717, 1.165) is 46.9 Å². The van der Waals surface area contributed by atoms with E-state index >= 15 is 0 Å². The zero-order valence-corrected chi connectivity index (χ0v) is 17.3. The molecule has 2 aliphatic rings. The van der Waals surface area contributed by atoms with Crippen molar-refractivity contribution >= 4 is 22.5 Å². The molecule has 3 atom stereocenters. The monoisotopic (exact) mass is 401 g/mol. The summed E-state index contributed by atoms with van der Waals surface area (Å²) in [4.78, 5) is 12.1. The predicted octanol–water partition coefficient (Wildman–Crippen LogP) is 4.10. The van der Waals surface area contributed by atoms with Crippen LogP contribution in [0.5, 0.6) is 0 Å². The Bertz CT molecular complexity index is 1070. The third-order valence-electron chi connectivity index (χ3n) is 6.59. The molecule has 7 heteroatoms. The van der Waals surface area contributed by atoms with E-state index in [1.807, 2.05) is 31.3 Å². The molecule has 7 nitrogen and oxygen atoms in total. The second kappa shape index (κ2) is 8.04. The molecule has 0 spiro atoms. The molecule has 0 saturated carbocycles. The number of nitrogens with one attached hydrogen (secondary N) is 2. The maximum absolute atomic E-state index is 8.97. The van der Waals surface area contributed by atoms with Crippen molar-refractivity contribution < 1.29 is 0 Å². The second-order valence-corrected chi connectivity index (χ2v) is 8.66. The minimum Gasteiger partial charge on any atom is -0.323 e. The summed E-state index contributed by atoms with van der Waals surface area (Å²) < 4.78 is 0. The minimum absolute atomic E-state index is 0.625. The SMILES string of the molecule is Cc1cc(Nc2cc3ncccc3c(CC3C[C@H]4CC[C@@H](C3)N4CCC#N)n2)n[nH]1. The van der Waals surface area contributed by atoms with Gasteiger partial charge in [-0.1, -0.05) is 0 Å². The number of nitrogens with zero attached hydrogens (tertiary/aromatic N) is 5. The van der Waals surface area contributed by atoms with Crippen molar-refractivity contribution in [3.63, 3.8) is 0 Å². The van der Waals surface area contributed by atoms with Crippen LogP contribution in [0.15, 0.2) is 30.5 Å². The van der Waals surface area contributed by atoms with Gasteiger partial charge in [0.25, 0.3) is 0 Å². The molecule has 5 heterocycles. The number of aryl methyl sites for hydroxylation is 1. The third kappa shape index (κ3) is 3.75. The molecule has 3 aromatic heterocycles. The number of rotatable bonds is 6. The number of hydrogen-bond donors (Lipinski definition) is 2. The van der Waals surface area contributed by atoms with E-state index in [4.69, 9.17) is 10.2 Å². The molecule has 0 aliphatic carbocycles. The number of anilines is 2. The van der Waals surface area contributed by atoms with Gasteiger partial charge in [0.1, 0.15) is 5.82 Å². The number of aromatic amines is 1. The molecule has 154 valence electrons. The van der Waals surface area contributed by atoms with Crippen LogP contribution in [0.4, 0.5) is 11.6 Å². The molecule has 3 aromatic rings. The van der Waals surface area contributed by atoms with Crippen molar-refractivity contribution in [2.24, 2.45) is 5.92 Å². The van der Waals surface area contributed by atoms with Gasteiger partial charge in [-0.3, -0.25) is 15.0 Å². The molecule has 1 unspecified atom stereocenters. The summed E-state index contributed by atoms with van der Waals surface area (Å²) in [5, 5.41) is 20.7. The van der Waals surface area contributed by atoms with Crippen LogP contribution in [0.25, 0.3) is 10.9 Å². The fraction of sp³-hybridized carbons (Fsp3) is 0.478. The third-order valence-corrected chi connectivity index (χ3v) is 6.59. The first-order valence-electron chi connectivity index (χ1n) is 10.9. The lowest BCUT2D eigenvalue weighted by Crippen LogP contribution is -2.43. The van der Waals surface area contributed by atoms with E-state index in [-0.39, 0.29) is 0 Å². The van der Waals surface area contributed by atoms with Gasteiger partial charge in [-0.15, -0.1) is 0 Å². The Labute approximate surface area is 176 Å². The lowest BCUT2D eigenvalue weighted by molar-refractivity contribution is 0.106. The standard InChI is InChI=1S/C23H27N7/c1-15-10-23(29-28-15)27-22-14-20-19(4-2-8-25-20)21(26-22)13-16-11-17-5-6-18(12-16)30(17)9-3-7-24/h2,4,8,10,14,16-18H,3,5-6,9,11-13H2,1H3,(H2,26,27,28,29)/t16?,17-,18+. The number of fused-ring (bicyclic) bond motifs is 3. The van der Waals surface area contributed by atoms with Gasteiger partial charge in [-0.05, 0) is 57.1 Å². The summed E-state index contributed by atoms with van der Waals surface area (Å²) in [6.45, 7) is 2.91. The van der Waals surface area contributed by atoms with Crippen molar-refractivity contribution in [2.75, 3.05) is 11.9 Å². The first-order valence-corrected chi connectivity index (χ1v) is 10.9. The molecule has 2 aliphatic heterocycles. The van der Waals surface area contributed by atoms with Crippen molar-refractivity contribution in [1.29, 1.82) is 5.26 Å². The van der Waals surface area contributed by atoms with Crippen molar-refractivity contribution in [1.82, 2.24) is 25.1 Å². The Morgan fingerprint density at radius 2 is 2.07 bits per heavy atom. The van der Waals surface area contributed by atoms with Gasteiger partial charge < -0.3 is 5.32 Å². The zero-order valence-electron chi connectivity index (χ0n) is 17.3. The Morgan fingerprint density at radius 3 is 2.80 bits per heavy atom. The van der Waals surface area contributed by atoms with Gasteiger partial charge in [0.05, 0.1) is 17.3 Å². The smallest absolute Gasteiger partial charge is 0.153 e. The van der Waals surface area contributed by atoms with Crippen LogP contribution < -0.4 is 5.32 Å². The summed E-state index contributed by atoms with van der Waals surface area (Å²) in [6.07, 6.45) is 8.36. The van der Waals surface area contributed by atoms with Crippen LogP contribution >= 0.6 is 0 Å². The molecule has 2 bridgehead atoms. The van der Waals surface area contributed by atoms with E-state index in [2.05, 4.69) is 37.5 Å². The van der Waals surface area contributed by atoms with Crippen LogP contribution in [-0.4, -0.2) is 43.7 Å². The Morgan fingerprint density at radius 1 is 1.23 bits per heavy atom. The fourth-order valence-corrected chi connectivity index (χ4v) is 5.35. The number of pyridine rings is 2. The highest BCUT2D eigenvalue weighted by Gasteiger charge is 2.40. The maximum atomic E-state index is 8.97. The molecule has 0 radical (unpaired) electrons. The van der Waals surface area contributed by atoms with Crippen LogP contribution in [-0.2, 0) is 6.42 Å². The van der Waals surface area contributed by atoms with Gasteiger partial charge in [-0.25, -0.2) is 4.98 Å². The van der Waals surface area contributed by atoms with Crippen molar-refractivity contribution in [3.05, 3.63) is 41.9 Å². The number of hydrogen-bond acceptors (Lipinski definition) is 6. The van der Waals surface area contributed by atoms with Crippen LogP contribution in [0, 0.1) is 24.2 Å². The fourth-order valence-electron chi connectivity index (χ4n) is 5.35. The first kappa shape index (κ1) is 19.0. The summed E-state index contributed by atoms with van der Waals surface area (Å²) in [5.74, 6) is 2.18. The molecule has 0 amide bonds. The van der Waals surface area contributed by atoms with Gasteiger partial charge in [0, 0.05) is 54.5 Å². The summed E-state index contributed by atoms with van der Waals surface area (Å²) in [7, 11) is 0. The number of piperidine rings is 1. The van der Waals surface area contributed by atoms with Crippen LogP contribution in [0.1, 0.15) is 43.5 Å². The topological polar surface area (TPSA) is 93.5 Å². The highest BCUT2D eigenvalue weighted by Crippen LogP contribution is 2.40. The molecular formula is C23H27N7. The van der Waals surface area contributed by atoms with Gasteiger partial charge in [0.2, 0.25) is 0 Å². The predicted molar refractivity (Wildman–Crippen MR) is 116 cm³/mol. The van der Waals surface area contributed by atoms with Crippen LogP contribution in [0.3, 0.4) is 0 Å². The van der Waals surface area contributed by atoms with E-state index < -0.39 is 0 Å². The summed E-state index contributed by atoms with van der Waals surface area (Å²) in [6, 6.07) is 11.6. The van der Waals surface area contributed by atoms with E-state index in [1.54, 1.807) is 0 Å². The number of aromatic nitrogens is 4. The second-order valence-electron chi connectivity index (χ2n) is 8.66. The highest BCUT2D eigenvalue weighted by atomic mass is 15.2. The largest absolute Gasteiger partial charge is 0.323 e. The highest BCUT2D eigenvalue weighted by molar-refractivity contribution is 5.83. The average molecular weight is 402 g/mol. The number of H-pyrrole nitrogens is 1. The first-order chi connectivity index (χ1) is 14.7. The van der Waals surface area contributed by atoms with E-state index in [9.17, 15) is 0 Å². The van der Waals surface area contributed by atoms with Gasteiger partial charge >= 0.3 is 0 Å². The summed E-state index contributed by atoms with van der Waals surface area (Å²) >= 11 is 0. The molecule has 30 heavy (non-hydrogen) atoms. The molecule has 0 aromatic carbocycles. The summed E-state index contributed by atoms with van der Waals surface area (Å²) in [5.41, 5.74) is 3.09. The Balaban J connectivity index is 1.38. The maximum Gasteiger partial charge on any atom is 0.153 e. The lowest BCUT2D eigenvalue weighted by Gasteiger charge is -2.38. The molecular weight excluding hydrogens is 374 g/mol. The quantitative estimate of drug-likeness (QED) is 0.646. The Kier molecular flexibility index (Phi) is 5.09.